The number of hydrogen-bond donors (Lipinski definition) is 2. The molecule has 0 amide bonds. The Morgan fingerprint density at radius 1 is 1.05 bits per heavy atom. The number of benzene rings is 2. The van der Waals surface area contributed by atoms with E-state index in [2.05, 4.69) is 4.72 Å². The van der Waals surface area contributed by atoms with Crippen LogP contribution in [-0.2, 0) is 10.0 Å². The minimum absolute atomic E-state index is 0.0236. The third-order valence-corrected chi connectivity index (χ3v) is 3.61. The van der Waals surface area contributed by atoms with Gasteiger partial charge in [0.05, 0.1) is 17.3 Å². The molecule has 21 heavy (non-hydrogen) atoms. The lowest BCUT2D eigenvalue weighted by atomic mass is 10.1. The smallest absolute Gasteiger partial charge is 0.344 e. The monoisotopic (exact) mass is 305 g/mol. The summed E-state index contributed by atoms with van der Waals surface area (Å²) in [5, 5.41) is 11.0. The zero-order valence-corrected chi connectivity index (χ0v) is 11.8. The van der Waals surface area contributed by atoms with E-state index in [9.17, 15) is 18.3 Å². The fourth-order valence-electron chi connectivity index (χ4n) is 2.20. The number of fused-ring (bicyclic) bond motifs is 3. The molecule has 3 aromatic rings. The molecule has 1 heterocycles. The van der Waals surface area contributed by atoms with E-state index < -0.39 is 15.6 Å². The van der Waals surface area contributed by atoms with Crippen molar-refractivity contribution < 1.29 is 17.9 Å². The first-order valence-corrected chi connectivity index (χ1v) is 7.90. The molecule has 0 aliphatic carbocycles. The summed E-state index contributed by atoms with van der Waals surface area (Å²) in [4.78, 5) is 11.9. The molecule has 0 aliphatic heterocycles. The van der Waals surface area contributed by atoms with Crippen molar-refractivity contribution in [1.29, 1.82) is 0 Å². The summed E-state index contributed by atoms with van der Waals surface area (Å²) in [7, 11) is -3.41. The highest BCUT2D eigenvalue weighted by molar-refractivity contribution is 7.92. The normalized spacial score (nSPS) is 11.9. The molecule has 0 saturated heterocycles. The Hall–Kier alpha value is -2.54. The predicted octanol–water partition coefficient (Wildman–Crippen LogP) is 2.02. The van der Waals surface area contributed by atoms with E-state index in [1.807, 2.05) is 0 Å². The fourth-order valence-corrected chi connectivity index (χ4v) is 2.75. The summed E-state index contributed by atoms with van der Waals surface area (Å²) >= 11 is 0. The first kappa shape index (κ1) is 13.4. The third-order valence-electron chi connectivity index (χ3n) is 3.00. The van der Waals surface area contributed by atoms with Crippen molar-refractivity contribution in [2.24, 2.45) is 0 Å². The van der Waals surface area contributed by atoms with Gasteiger partial charge in [-0.25, -0.2) is 13.2 Å². The molecule has 0 radical (unpaired) electrons. The number of sulfonamides is 1. The van der Waals surface area contributed by atoms with Gasteiger partial charge in [-0.2, -0.15) is 0 Å². The molecule has 0 spiro atoms. The molecule has 0 saturated carbocycles. The maximum atomic E-state index is 11.9. The summed E-state index contributed by atoms with van der Waals surface area (Å²) in [6.07, 6.45) is 1.04. The molecule has 0 atom stereocenters. The lowest BCUT2D eigenvalue weighted by Crippen LogP contribution is -2.09. The molecule has 1 aromatic heterocycles. The average molecular weight is 305 g/mol. The molecular weight excluding hydrogens is 294 g/mol. The van der Waals surface area contributed by atoms with Gasteiger partial charge in [0.2, 0.25) is 10.0 Å². The van der Waals surface area contributed by atoms with Crippen LogP contribution in [0.25, 0.3) is 21.7 Å². The first-order valence-electron chi connectivity index (χ1n) is 6.01. The molecule has 108 valence electrons. The molecule has 0 bridgehead atoms. The van der Waals surface area contributed by atoms with Gasteiger partial charge in [-0.05, 0) is 30.3 Å². The minimum atomic E-state index is -3.41. The second-order valence-electron chi connectivity index (χ2n) is 4.70. The van der Waals surface area contributed by atoms with Crippen molar-refractivity contribution in [3.63, 3.8) is 0 Å². The van der Waals surface area contributed by atoms with Crippen LogP contribution in [0.5, 0.6) is 5.75 Å². The molecule has 0 unspecified atom stereocenters. The molecule has 3 rings (SSSR count). The van der Waals surface area contributed by atoms with Crippen molar-refractivity contribution in [1.82, 2.24) is 0 Å². The second kappa shape index (κ2) is 4.49. The van der Waals surface area contributed by atoms with Crippen molar-refractivity contribution in [2.75, 3.05) is 11.0 Å². The van der Waals surface area contributed by atoms with Crippen LogP contribution in [0.4, 0.5) is 5.69 Å². The molecule has 0 aliphatic rings. The van der Waals surface area contributed by atoms with Crippen LogP contribution >= 0.6 is 0 Å². The molecule has 6 nitrogen and oxygen atoms in total. The lowest BCUT2D eigenvalue weighted by molar-refractivity contribution is 0.475. The van der Waals surface area contributed by atoms with Crippen LogP contribution in [0.3, 0.4) is 0 Å². The summed E-state index contributed by atoms with van der Waals surface area (Å²) in [6.45, 7) is 0. The van der Waals surface area contributed by atoms with Gasteiger partial charge in [-0.15, -0.1) is 0 Å². The lowest BCUT2D eigenvalue weighted by Gasteiger charge is -2.06. The van der Waals surface area contributed by atoms with Crippen LogP contribution in [-0.4, -0.2) is 19.8 Å². The van der Waals surface area contributed by atoms with Crippen molar-refractivity contribution in [3.05, 3.63) is 46.8 Å². The Balaban J connectivity index is 2.31. The first-order chi connectivity index (χ1) is 9.83. The van der Waals surface area contributed by atoms with Crippen molar-refractivity contribution >= 4 is 37.5 Å². The number of hydrogen-bond acceptors (Lipinski definition) is 5. The summed E-state index contributed by atoms with van der Waals surface area (Å²) in [6, 6.07) is 9.12. The zero-order chi connectivity index (χ0) is 15.2. The zero-order valence-electron chi connectivity index (χ0n) is 11.0. The minimum Gasteiger partial charge on any atom is -0.508 e. The molecule has 7 heteroatoms. The highest BCUT2D eigenvalue weighted by Gasteiger charge is 2.10. The summed E-state index contributed by atoms with van der Waals surface area (Å²) in [5.74, 6) is -0.0236. The SMILES string of the molecule is CS(=O)(=O)Nc1ccc2c(c1)oc(=O)c1cc(O)ccc12. The van der Waals surface area contributed by atoms with Crippen LogP contribution in [0.1, 0.15) is 0 Å². The largest absolute Gasteiger partial charge is 0.508 e. The number of phenolic OH excluding ortho intramolecular Hbond substituents is 1. The Labute approximate surface area is 119 Å². The van der Waals surface area contributed by atoms with Gasteiger partial charge >= 0.3 is 5.63 Å². The van der Waals surface area contributed by atoms with Crippen LogP contribution in [0.15, 0.2) is 45.6 Å². The Bertz CT molecular complexity index is 1020. The van der Waals surface area contributed by atoms with Gasteiger partial charge in [0.15, 0.2) is 0 Å². The molecule has 2 aromatic carbocycles. The topological polar surface area (TPSA) is 96.6 Å². The van der Waals surface area contributed by atoms with Crippen molar-refractivity contribution in [3.8, 4) is 5.75 Å². The predicted molar refractivity (Wildman–Crippen MR) is 80.1 cm³/mol. The van der Waals surface area contributed by atoms with Gasteiger partial charge < -0.3 is 9.52 Å². The average Bonchev–Trinajstić information content (AvgIpc) is 2.37. The number of phenols is 1. The summed E-state index contributed by atoms with van der Waals surface area (Å²) in [5.41, 5.74) is -0.0111. The number of anilines is 1. The van der Waals surface area contributed by atoms with Gasteiger partial charge in [-0.1, -0.05) is 0 Å². The molecule has 2 N–H and O–H groups in total. The van der Waals surface area contributed by atoms with Crippen LogP contribution < -0.4 is 10.3 Å². The van der Waals surface area contributed by atoms with E-state index >= 15 is 0 Å². The summed E-state index contributed by atoms with van der Waals surface area (Å²) < 4.78 is 29.9. The fraction of sp³-hybridized carbons (Fsp3) is 0.0714. The Morgan fingerprint density at radius 2 is 1.76 bits per heavy atom. The van der Waals surface area contributed by atoms with Crippen LogP contribution in [0.2, 0.25) is 0 Å². The Morgan fingerprint density at radius 3 is 2.48 bits per heavy atom. The maximum absolute atomic E-state index is 11.9. The van der Waals surface area contributed by atoms with Gasteiger partial charge in [0, 0.05) is 16.8 Å². The van der Waals surface area contributed by atoms with Crippen molar-refractivity contribution in [2.45, 2.75) is 0 Å². The van der Waals surface area contributed by atoms with E-state index in [0.717, 1.165) is 6.26 Å². The third kappa shape index (κ3) is 2.55. The van der Waals surface area contributed by atoms with Gasteiger partial charge in [0.1, 0.15) is 11.3 Å². The highest BCUT2D eigenvalue weighted by Crippen LogP contribution is 2.27. The van der Waals surface area contributed by atoms with Crippen LogP contribution in [0, 0.1) is 0 Å². The van der Waals surface area contributed by atoms with E-state index in [-0.39, 0.29) is 16.7 Å². The standard InChI is InChI=1S/C14H11NO5S/c1-21(18,19)15-8-2-4-11-10-5-3-9(16)7-12(10)14(17)20-13(11)6-8/h2-7,15-16H,1H3. The number of rotatable bonds is 2. The quantitative estimate of drug-likeness (QED) is 0.558. The Kier molecular flexibility index (Phi) is 2.87. The maximum Gasteiger partial charge on any atom is 0.344 e. The van der Waals surface area contributed by atoms with Gasteiger partial charge in [0.25, 0.3) is 0 Å². The van der Waals surface area contributed by atoms with E-state index in [1.165, 1.54) is 18.2 Å². The molecular formula is C14H11NO5S. The van der Waals surface area contributed by atoms with E-state index in [1.54, 1.807) is 18.2 Å². The van der Waals surface area contributed by atoms with E-state index in [0.29, 0.717) is 16.5 Å². The van der Waals surface area contributed by atoms with E-state index in [4.69, 9.17) is 4.42 Å². The van der Waals surface area contributed by atoms with Gasteiger partial charge in [-0.3, -0.25) is 4.72 Å². The number of nitrogens with one attached hydrogen (secondary N) is 1. The number of aromatic hydroxyl groups is 1. The second-order valence-corrected chi connectivity index (χ2v) is 6.45. The molecule has 0 fully saturated rings. The highest BCUT2D eigenvalue weighted by atomic mass is 32.2.